The quantitative estimate of drug-likeness (QED) is 0.385. The van der Waals surface area contributed by atoms with Gasteiger partial charge in [-0.2, -0.15) is 13.2 Å². The number of rotatable bonds is 6. The first-order valence-electron chi connectivity index (χ1n) is 9.15. The first-order chi connectivity index (χ1) is 13.7. The summed E-state index contributed by atoms with van der Waals surface area (Å²) in [6.45, 7) is 1.96. The summed E-state index contributed by atoms with van der Waals surface area (Å²) in [6, 6.07) is 20.3. The lowest BCUT2D eigenvalue weighted by Gasteiger charge is -2.25. The monoisotopic (exact) mass is 473 g/mol. The van der Waals surface area contributed by atoms with Crippen molar-refractivity contribution in [3.05, 3.63) is 105 Å². The fourth-order valence-corrected chi connectivity index (χ4v) is 3.52. The molecular weight excluding hydrogens is 454 g/mol. The lowest BCUT2D eigenvalue weighted by Crippen LogP contribution is -2.33. The Hall–Kier alpha value is -1.72. The summed E-state index contributed by atoms with van der Waals surface area (Å²) >= 11 is 12.0. The van der Waals surface area contributed by atoms with Crippen LogP contribution in [0.5, 0.6) is 0 Å². The molecule has 0 amide bonds. The Bertz CT molecular complexity index is 896. The topological polar surface area (TPSA) is 12.0 Å². The van der Waals surface area contributed by atoms with Crippen LogP contribution in [-0.4, -0.2) is 6.04 Å². The van der Waals surface area contributed by atoms with E-state index in [2.05, 4.69) is 5.32 Å². The molecule has 0 aliphatic rings. The first kappa shape index (κ1) is 24.5. The van der Waals surface area contributed by atoms with Crippen LogP contribution in [-0.2, 0) is 12.6 Å². The van der Waals surface area contributed by atoms with Gasteiger partial charge in [0.1, 0.15) is 0 Å². The molecule has 1 atom stereocenters. The normalized spacial score (nSPS) is 12.5. The van der Waals surface area contributed by atoms with Gasteiger partial charge >= 0.3 is 6.18 Å². The number of hydrogen-bond acceptors (Lipinski definition) is 1. The van der Waals surface area contributed by atoms with Crippen LogP contribution in [0.4, 0.5) is 13.2 Å². The van der Waals surface area contributed by atoms with Crippen LogP contribution in [0.15, 0.2) is 72.8 Å². The molecule has 30 heavy (non-hydrogen) atoms. The lowest BCUT2D eigenvalue weighted by atomic mass is 9.96. The summed E-state index contributed by atoms with van der Waals surface area (Å²) in [7, 11) is 0. The molecule has 3 rings (SSSR count). The van der Waals surface area contributed by atoms with Crippen LogP contribution < -0.4 is 5.32 Å². The minimum absolute atomic E-state index is 0. The molecule has 3 aromatic rings. The van der Waals surface area contributed by atoms with Crippen molar-refractivity contribution in [1.82, 2.24) is 5.32 Å². The second-order valence-corrected chi connectivity index (χ2v) is 7.88. The molecule has 0 radical (unpaired) electrons. The summed E-state index contributed by atoms with van der Waals surface area (Å²) in [6.07, 6.45) is -3.89. The predicted octanol–water partition coefficient (Wildman–Crippen LogP) is 7.74. The molecule has 0 fully saturated rings. The molecule has 0 spiro atoms. The van der Waals surface area contributed by atoms with Gasteiger partial charge in [-0.05, 0) is 60.4 Å². The van der Waals surface area contributed by atoms with E-state index >= 15 is 0 Å². The van der Waals surface area contributed by atoms with Crippen molar-refractivity contribution < 1.29 is 13.2 Å². The first-order valence-corrected chi connectivity index (χ1v) is 9.91. The van der Waals surface area contributed by atoms with Crippen molar-refractivity contribution in [3.63, 3.8) is 0 Å². The van der Waals surface area contributed by atoms with E-state index in [9.17, 15) is 13.2 Å². The maximum Gasteiger partial charge on any atom is 0.416 e. The largest absolute Gasteiger partial charge is 0.416 e. The maximum absolute atomic E-state index is 13.0. The fourth-order valence-electron chi connectivity index (χ4n) is 3.27. The number of halogens is 6. The highest BCUT2D eigenvalue weighted by Gasteiger charge is 2.30. The van der Waals surface area contributed by atoms with Crippen molar-refractivity contribution >= 4 is 35.6 Å². The predicted molar refractivity (Wildman–Crippen MR) is 120 cm³/mol. The third-order valence-electron chi connectivity index (χ3n) is 4.65. The third kappa shape index (κ3) is 6.64. The summed E-state index contributed by atoms with van der Waals surface area (Å²) in [5.41, 5.74) is 2.01. The molecule has 1 nitrogen and oxygen atoms in total. The van der Waals surface area contributed by atoms with Crippen molar-refractivity contribution in [2.24, 2.45) is 0 Å². The van der Waals surface area contributed by atoms with Crippen molar-refractivity contribution in [2.75, 3.05) is 0 Å². The summed E-state index contributed by atoms with van der Waals surface area (Å²) in [5.74, 6) is 0. The zero-order chi connectivity index (χ0) is 21.0. The van der Waals surface area contributed by atoms with Gasteiger partial charge in [0, 0.05) is 16.1 Å². The summed E-state index contributed by atoms with van der Waals surface area (Å²) in [5, 5.41) is 4.81. The van der Waals surface area contributed by atoms with E-state index in [1.165, 1.54) is 12.1 Å². The van der Waals surface area contributed by atoms with Gasteiger partial charge in [-0.1, -0.05) is 65.7 Å². The molecule has 0 saturated carbocycles. The number of alkyl halides is 3. The summed E-state index contributed by atoms with van der Waals surface area (Å²) in [4.78, 5) is 0. The van der Waals surface area contributed by atoms with Crippen molar-refractivity contribution in [3.8, 4) is 0 Å². The molecule has 160 valence electrons. The number of benzene rings is 3. The molecule has 0 saturated heterocycles. The molecule has 0 aromatic heterocycles. The van der Waals surface area contributed by atoms with Gasteiger partial charge in [0.15, 0.2) is 0 Å². The van der Waals surface area contributed by atoms with Crippen LogP contribution in [0.2, 0.25) is 10.0 Å². The lowest BCUT2D eigenvalue weighted by molar-refractivity contribution is -0.137. The average molecular weight is 475 g/mol. The SMILES string of the molecule is CC(Cc1cccc(C(F)(F)F)c1)NC(c1ccc(Cl)cc1)c1ccc(Cl)cc1.Cl. The Labute approximate surface area is 190 Å². The second kappa shape index (κ2) is 10.5. The van der Waals surface area contributed by atoms with Gasteiger partial charge in [0.2, 0.25) is 0 Å². The van der Waals surface area contributed by atoms with E-state index in [4.69, 9.17) is 23.2 Å². The molecule has 0 bridgehead atoms. The molecule has 7 heteroatoms. The van der Waals surface area contributed by atoms with Crippen LogP contribution in [0.3, 0.4) is 0 Å². The van der Waals surface area contributed by atoms with Crippen LogP contribution in [0.1, 0.15) is 35.2 Å². The third-order valence-corrected chi connectivity index (χ3v) is 5.16. The van der Waals surface area contributed by atoms with E-state index in [0.717, 1.165) is 17.2 Å². The van der Waals surface area contributed by atoms with Crippen LogP contribution >= 0.6 is 35.6 Å². The van der Waals surface area contributed by atoms with Gasteiger partial charge in [0.25, 0.3) is 0 Å². The van der Waals surface area contributed by atoms with Crippen molar-refractivity contribution in [2.45, 2.75) is 31.6 Å². The highest BCUT2D eigenvalue weighted by atomic mass is 35.5. The minimum Gasteiger partial charge on any atom is -0.303 e. The Morgan fingerprint density at radius 1 is 0.833 bits per heavy atom. The van der Waals surface area contributed by atoms with Gasteiger partial charge in [0.05, 0.1) is 11.6 Å². The average Bonchev–Trinajstić information content (AvgIpc) is 2.67. The van der Waals surface area contributed by atoms with Crippen LogP contribution in [0, 0.1) is 0 Å². The van der Waals surface area contributed by atoms with Gasteiger partial charge in [-0.25, -0.2) is 0 Å². The van der Waals surface area contributed by atoms with Crippen molar-refractivity contribution in [1.29, 1.82) is 0 Å². The Morgan fingerprint density at radius 2 is 1.33 bits per heavy atom. The standard InChI is InChI=1S/C23H20Cl2F3N.ClH/c1-15(13-16-3-2-4-19(14-16)23(26,27)28)29-22(17-5-9-20(24)10-6-17)18-7-11-21(25)12-8-18;/h2-12,14-15,22,29H,13H2,1H3;1H. The zero-order valence-corrected chi connectivity index (χ0v) is 18.4. The fraction of sp³-hybridized carbons (Fsp3) is 0.217. The maximum atomic E-state index is 13.0. The summed E-state index contributed by atoms with van der Waals surface area (Å²) < 4.78 is 39.0. The molecular formula is C23H21Cl3F3N. The number of nitrogens with one attached hydrogen (secondary N) is 1. The molecule has 0 heterocycles. The van der Waals surface area contributed by atoms with E-state index in [0.29, 0.717) is 22.0 Å². The minimum atomic E-state index is -4.35. The van der Waals surface area contributed by atoms with Gasteiger partial charge in [-0.3, -0.25) is 0 Å². The Kier molecular flexibility index (Phi) is 8.62. The second-order valence-electron chi connectivity index (χ2n) is 7.01. The molecule has 3 aromatic carbocycles. The van der Waals surface area contributed by atoms with Gasteiger partial charge in [-0.15, -0.1) is 12.4 Å². The molecule has 0 aliphatic heterocycles. The molecule has 1 N–H and O–H groups in total. The highest BCUT2D eigenvalue weighted by Crippen LogP contribution is 2.30. The smallest absolute Gasteiger partial charge is 0.303 e. The van der Waals surface area contributed by atoms with E-state index < -0.39 is 11.7 Å². The van der Waals surface area contributed by atoms with Crippen LogP contribution in [0.25, 0.3) is 0 Å². The van der Waals surface area contributed by atoms with E-state index in [-0.39, 0.29) is 24.5 Å². The number of hydrogen-bond donors (Lipinski definition) is 1. The zero-order valence-electron chi connectivity index (χ0n) is 16.1. The van der Waals surface area contributed by atoms with E-state index in [1.54, 1.807) is 6.07 Å². The Morgan fingerprint density at radius 3 is 1.80 bits per heavy atom. The Balaban J connectivity index is 0.00000320. The van der Waals surface area contributed by atoms with E-state index in [1.807, 2.05) is 55.5 Å². The molecule has 0 aliphatic carbocycles. The highest BCUT2D eigenvalue weighted by molar-refractivity contribution is 6.30. The molecule has 1 unspecified atom stereocenters. The van der Waals surface area contributed by atoms with Gasteiger partial charge < -0.3 is 5.32 Å².